The zero-order valence-electron chi connectivity index (χ0n) is 15.5. The van der Waals surface area contributed by atoms with Crippen molar-refractivity contribution in [1.29, 1.82) is 0 Å². The summed E-state index contributed by atoms with van der Waals surface area (Å²) < 4.78 is 5.33. The van der Waals surface area contributed by atoms with Crippen molar-refractivity contribution in [1.82, 2.24) is 0 Å². The molecular formula is C21H40O2. The quantitative estimate of drug-likeness (QED) is 0.197. The molecule has 0 spiro atoms. The Labute approximate surface area is 144 Å². The van der Waals surface area contributed by atoms with Crippen LogP contribution in [0.5, 0.6) is 0 Å². The Hall–Kier alpha value is -0.340. The predicted octanol–water partition coefficient (Wildman–Crippen LogP) is 6.17. The van der Waals surface area contributed by atoms with E-state index in [1.807, 2.05) is 0 Å². The van der Waals surface area contributed by atoms with Crippen LogP contribution in [0.1, 0.15) is 103 Å². The molecule has 23 heavy (non-hydrogen) atoms. The lowest BCUT2D eigenvalue weighted by molar-refractivity contribution is 0.241. The van der Waals surface area contributed by atoms with Crippen molar-refractivity contribution in [2.45, 2.75) is 115 Å². The van der Waals surface area contributed by atoms with Crippen molar-refractivity contribution >= 4 is 0 Å². The third-order valence-electron chi connectivity index (χ3n) is 4.87. The molecule has 0 radical (unpaired) electrons. The summed E-state index contributed by atoms with van der Waals surface area (Å²) in [6.07, 6.45) is 25.5. The van der Waals surface area contributed by atoms with Gasteiger partial charge in [0.1, 0.15) is 6.10 Å². The van der Waals surface area contributed by atoms with Gasteiger partial charge in [-0.1, -0.05) is 83.3 Å². The molecule has 1 N–H and O–H groups in total. The summed E-state index contributed by atoms with van der Waals surface area (Å²) >= 11 is 0. The Morgan fingerprint density at radius 3 is 1.74 bits per heavy atom. The number of hydrogen-bond acceptors (Lipinski definition) is 2. The molecule has 1 rings (SSSR count). The smallest absolute Gasteiger partial charge is 0.107 e. The Balaban J connectivity index is 1.68. The van der Waals surface area contributed by atoms with E-state index in [4.69, 9.17) is 9.84 Å². The van der Waals surface area contributed by atoms with Crippen LogP contribution in [0, 0.1) is 0 Å². The Morgan fingerprint density at radius 1 is 0.696 bits per heavy atom. The van der Waals surface area contributed by atoms with Gasteiger partial charge in [-0.3, -0.25) is 0 Å². The fourth-order valence-corrected chi connectivity index (χ4v) is 3.19. The minimum atomic E-state index is 0.165. The number of rotatable bonds is 17. The maximum absolute atomic E-state index is 8.88. The predicted molar refractivity (Wildman–Crippen MR) is 99.8 cm³/mol. The minimum absolute atomic E-state index is 0.165. The molecule has 2 heteroatoms. The number of allylic oxidation sites excluding steroid dienone is 2. The lowest BCUT2D eigenvalue weighted by Crippen LogP contribution is -1.98. The standard InChI is InChI=1S/C21H40O2/c1-2-3-4-5-6-7-8-9-10-11-12-13-14-15-16-17-18-20-21(19-22)23-20/h9-10,20-22H,2-8,11-19H2,1H3/b10-9-. The molecule has 1 fully saturated rings. The van der Waals surface area contributed by atoms with Gasteiger partial charge in [0.25, 0.3) is 0 Å². The minimum Gasteiger partial charge on any atom is -0.394 e. The van der Waals surface area contributed by atoms with Crippen molar-refractivity contribution in [3.05, 3.63) is 12.2 Å². The Morgan fingerprint density at radius 2 is 1.22 bits per heavy atom. The van der Waals surface area contributed by atoms with Crippen LogP contribution in [-0.2, 0) is 4.74 Å². The maximum Gasteiger partial charge on any atom is 0.107 e. The summed E-state index contributed by atoms with van der Waals surface area (Å²) in [7, 11) is 0. The molecule has 2 unspecified atom stereocenters. The normalized spacial score (nSPS) is 20.4. The first-order valence-electron chi connectivity index (χ1n) is 10.3. The summed E-state index contributed by atoms with van der Waals surface area (Å²) in [6.45, 7) is 2.48. The molecule has 0 saturated carbocycles. The highest BCUT2D eigenvalue weighted by Gasteiger charge is 2.36. The SMILES string of the molecule is CCCCCCCC/C=C\CCCCCCCCC1OC1CO. The highest BCUT2D eigenvalue weighted by molar-refractivity contribution is 4.83. The van der Waals surface area contributed by atoms with Gasteiger partial charge in [-0.05, 0) is 32.1 Å². The number of ether oxygens (including phenoxy) is 1. The van der Waals surface area contributed by atoms with E-state index in [1.54, 1.807) is 0 Å². The van der Waals surface area contributed by atoms with Gasteiger partial charge in [0.2, 0.25) is 0 Å². The van der Waals surface area contributed by atoms with Gasteiger partial charge in [0.15, 0.2) is 0 Å². The van der Waals surface area contributed by atoms with Crippen LogP contribution in [0.2, 0.25) is 0 Å². The third kappa shape index (κ3) is 12.7. The molecule has 1 heterocycles. The van der Waals surface area contributed by atoms with Crippen molar-refractivity contribution in [3.63, 3.8) is 0 Å². The lowest BCUT2D eigenvalue weighted by atomic mass is 10.1. The van der Waals surface area contributed by atoms with Gasteiger partial charge in [-0.25, -0.2) is 0 Å². The highest BCUT2D eigenvalue weighted by Crippen LogP contribution is 2.26. The van der Waals surface area contributed by atoms with Crippen LogP contribution in [0.25, 0.3) is 0 Å². The molecule has 136 valence electrons. The number of unbranched alkanes of at least 4 members (excludes halogenated alkanes) is 12. The second kappa shape index (κ2) is 15.2. The monoisotopic (exact) mass is 324 g/mol. The molecule has 0 aromatic carbocycles. The van der Waals surface area contributed by atoms with Crippen LogP contribution < -0.4 is 0 Å². The first-order valence-corrected chi connectivity index (χ1v) is 10.3. The zero-order valence-corrected chi connectivity index (χ0v) is 15.5. The molecule has 2 atom stereocenters. The van der Waals surface area contributed by atoms with E-state index in [1.165, 1.54) is 89.9 Å². The Bertz CT molecular complexity index is 275. The molecule has 0 bridgehead atoms. The van der Waals surface area contributed by atoms with Crippen molar-refractivity contribution in [2.75, 3.05) is 6.61 Å². The third-order valence-corrected chi connectivity index (χ3v) is 4.87. The van der Waals surface area contributed by atoms with Gasteiger partial charge in [0.05, 0.1) is 12.7 Å². The highest BCUT2D eigenvalue weighted by atomic mass is 16.6. The summed E-state index contributed by atoms with van der Waals surface area (Å²) in [6, 6.07) is 0. The number of aliphatic hydroxyl groups is 1. The maximum atomic E-state index is 8.88. The fraction of sp³-hybridized carbons (Fsp3) is 0.905. The summed E-state index contributed by atoms with van der Waals surface area (Å²) in [5.74, 6) is 0. The van der Waals surface area contributed by atoms with Crippen LogP contribution in [0.3, 0.4) is 0 Å². The van der Waals surface area contributed by atoms with Crippen LogP contribution in [0.15, 0.2) is 12.2 Å². The molecule has 1 saturated heterocycles. The van der Waals surface area contributed by atoms with Crippen molar-refractivity contribution in [2.24, 2.45) is 0 Å². The summed E-state index contributed by atoms with van der Waals surface area (Å²) in [5, 5.41) is 8.88. The molecule has 2 nitrogen and oxygen atoms in total. The van der Waals surface area contributed by atoms with Crippen LogP contribution in [0.4, 0.5) is 0 Å². The first kappa shape index (κ1) is 20.7. The van der Waals surface area contributed by atoms with E-state index in [-0.39, 0.29) is 12.7 Å². The van der Waals surface area contributed by atoms with E-state index >= 15 is 0 Å². The largest absolute Gasteiger partial charge is 0.394 e. The van der Waals surface area contributed by atoms with Crippen molar-refractivity contribution in [3.8, 4) is 0 Å². The van der Waals surface area contributed by atoms with Gasteiger partial charge >= 0.3 is 0 Å². The average Bonchev–Trinajstić information content (AvgIpc) is 3.33. The van der Waals surface area contributed by atoms with E-state index < -0.39 is 0 Å². The topological polar surface area (TPSA) is 32.8 Å². The van der Waals surface area contributed by atoms with Gasteiger partial charge in [0, 0.05) is 0 Å². The molecule has 1 aliphatic heterocycles. The number of hydrogen-bond donors (Lipinski definition) is 1. The lowest BCUT2D eigenvalue weighted by Gasteiger charge is -2.00. The molecule has 0 amide bonds. The van der Waals surface area contributed by atoms with Gasteiger partial charge in [-0.15, -0.1) is 0 Å². The summed E-state index contributed by atoms with van der Waals surface area (Å²) in [4.78, 5) is 0. The van der Waals surface area contributed by atoms with Gasteiger partial charge in [-0.2, -0.15) is 0 Å². The number of aliphatic hydroxyl groups excluding tert-OH is 1. The second-order valence-corrected chi connectivity index (χ2v) is 7.12. The average molecular weight is 325 g/mol. The van der Waals surface area contributed by atoms with Crippen LogP contribution >= 0.6 is 0 Å². The fourth-order valence-electron chi connectivity index (χ4n) is 3.19. The molecular weight excluding hydrogens is 284 g/mol. The molecule has 1 aliphatic rings. The molecule has 0 aliphatic carbocycles. The first-order chi connectivity index (χ1) is 11.4. The molecule has 0 aromatic rings. The summed E-state index contributed by atoms with van der Waals surface area (Å²) in [5.41, 5.74) is 0. The Kier molecular flexibility index (Phi) is 13.7. The van der Waals surface area contributed by atoms with Crippen LogP contribution in [-0.4, -0.2) is 23.9 Å². The van der Waals surface area contributed by atoms with Crippen molar-refractivity contribution < 1.29 is 9.84 Å². The van der Waals surface area contributed by atoms with Gasteiger partial charge < -0.3 is 9.84 Å². The van der Waals surface area contributed by atoms with E-state index in [9.17, 15) is 0 Å². The van der Waals surface area contributed by atoms with E-state index in [0.29, 0.717) is 6.10 Å². The van der Waals surface area contributed by atoms with E-state index in [0.717, 1.165) is 6.42 Å². The molecule has 0 aromatic heterocycles. The zero-order chi connectivity index (χ0) is 16.6. The second-order valence-electron chi connectivity index (χ2n) is 7.12. The van der Waals surface area contributed by atoms with E-state index in [2.05, 4.69) is 19.1 Å². The number of epoxide rings is 1.